The summed E-state index contributed by atoms with van der Waals surface area (Å²) in [6.45, 7) is 3.49. The van der Waals surface area contributed by atoms with E-state index in [1.165, 1.54) is 0 Å². The maximum atomic E-state index is 11.0. The summed E-state index contributed by atoms with van der Waals surface area (Å²) < 4.78 is 4.70. The van der Waals surface area contributed by atoms with E-state index in [0.29, 0.717) is 19.6 Å². The fraction of sp³-hybridized carbons (Fsp3) is 0.875. The molecule has 76 valence electrons. The summed E-state index contributed by atoms with van der Waals surface area (Å²) in [5, 5.41) is 15.2. The second-order valence-electron chi connectivity index (χ2n) is 3.03. The van der Waals surface area contributed by atoms with Gasteiger partial charge in [0.2, 0.25) is 0 Å². The van der Waals surface area contributed by atoms with Crippen LogP contribution in [0, 0.1) is 0 Å². The summed E-state index contributed by atoms with van der Waals surface area (Å²) in [6.07, 6.45) is -0.266. The van der Waals surface area contributed by atoms with Crippen LogP contribution in [0.25, 0.3) is 0 Å². The number of hydrogen-bond donors (Lipinski definition) is 3. The predicted molar refractivity (Wildman–Crippen MR) is 47.4 cm³/mol. The minimum atomic E-state index is -0.467. The number of aliphatic hydroxyl groups excluding tert-OH is 1. The van der Waals surface area contributed by atoms with E-state index in [2.05, 4.69) is 10.6 Å². The molecule has 1 rings (SSSR count). The van der Waals surface area contributed by atoms with E-state index in [-0.39, 0.29) is 6.04 Å². The van der Waals surface area contributed by atoms with Crippen molar-refractivity contribution in [2.45, 2.75) is 25.5 Å². The lowest BCUT2D eigenvalue weighted by Gasteiger charge is -2.28. The molecule has 1 aliphatic rings. The molecule has 0 aliphatic carbocycles. The number of nitrogens with one attached hydrogen (secondary N) is 2. The maximum Gasteiger partial charge on any atom is 0.407 e. The molecule has 0 radical (unpaired) electrons. The van der Waals surface area contributed by atoms with Crippen LogP contribution in [0.4, 0.5) is 4.79 Å². The number of amides is 1. The van der Waals surface area contributed by atoms with Crippen LogP contribution in [-0.4, -0.2) is 43.0 Å². The van der Waals surface area contributed by atoms with Crippen LogP contribution in [0.15, 0.2) is 0 Å². The Morgan fingerprint density at radius 1 is 1.77 bits per heavy atom. The van der Waals surface area contributed by atoms with Crippen molar-refractivity contribution < 1.29 is 14.6 Å². The van der Waals surface area contributed by atoms with E-state index < -0.39 is 12.2 Å². The van der Waals surface area contributed by atoms with Gasteiger partial charge in [0.25, 0.3) is 0 Å². The van der Waals surface area contributed by atoms with Gasteiger partial charge >= 0.3 is 6.09 Å². The summed E-state index contributed by atoms with van der Waals surface area (Å²) in [6, 6.07) is -0.229. The van der Waals surface area contributed by atoms with E-state index in [1.54, 1.807) is 6.92 Å². The third kappa shape index (κ3) is 3.20. The molecule has 1 aliphatic heterocycles. The van der Waals surface area contributed by atoms with Gasteiger partial charge in [-0.25, -0.2) is 4.79 Å². The number of aliphatic hydroxyl groups is 1. The standard InChI is InChI=1S/C8H16N2O3/c1-2-13-8(12)10-6-5-9-4-3-7(6)11/h6-7,9,11H,2-5H2,1H3,(H,10,12)/t6-,7-/m1/s1. The Labute approximate surface area is 77.5 Å². The predicted octanol–water partition coefficient (Wildman–Crippen LogP) is -0.545. The molecule has 0 aromatic heterocycles. The van der Waals surface area contributed by atoms with Gasteiger partial charge in [-0.15, -0.1) is 0 Å². The smallest absolute Gasteiger partial charge is 0.407 e. The fourth-order valence-corrected chi connectivity index (χ4v) is 1.32. The van der Waals surface area contributed by atoms with E-state index in [9.17, 15) is 9.90 Å². The van der Waals surface area contributed by atoms with Crippen LogP contribution in [-0.2, 0) is 4.74 Å². The lowest BCUT2D eigenvalue weighted by atomic mass is 10.0. The molecule has 13 heavy (non-hydrogen) atoms. The molecule has 5 heteroatoms. The van der Waals surface area contributed by atoms with Crippen molar-refractivity contribution in [2.75, 3.05) is 19.7 Å². The molecule has 1 fully saturated rings. The van der Waals surface area contributed by atoms with Gasteiger partial charge in [-0.2, -0.15) is 0 Å². The summed E-state index contributed by atoms with van der Waals surface area (Å²) in [4.78, 5) is 11.0. The topological polar surface area (TPSA) is 70.6 Å². The van der Waals surface area contributed by atoms with Crippen LogP contribution < -0.4 is 10.6 Å². The van der Waals surface area contributed by atoms with Gasteiger partial charge < -0.3 is 20.5 Å². The zero-order valence-electron chi connectivity index (χ0n) is 7.75. The van der Waals surface area contributed by atoms with Gasteiger partial charge in [0.1, 0.15) is 0 Å². The van der Waals surface area contributed by atoms with Crippen molar-refractivity contribution in [2.24, 2.45) is 0 Å². The van der Waals surface area contributed by atoms with Crippen molar-refractivity contribution in [3.05, 3.63) is 0 Å². The highest BCUT2D eigenvalue weighted by Gasteiger charge is 2.24. The second kappa shape index (κ2) is 5.04. The molecule has 3 N–H and O–H groups in total. The Bertz CT molecular complexity index is 175. The number of piperidine rings is 1. The molecule has 1 saturated heterocycles. The van der Waals surface area contributed by atoms with Crippen molar-refractivity contribution in [3.8, 4) is 0 Å². The summed E-state index contributed by atoms with van der Waals surface area (Å²) in [5.74, 6) is 0. The van der Waals surface area contributed by atoms with Crippen LogP contribution in [0.5, 0.6) is 0 Å². The first-order chi connectivity index (χ1) is 6.24. The average molecular weight is 188 g/mol. The normalized spacial score (nSPS) is 28.2. The zero-order chi connectivity index (χ0) is 9.68. The van der Waals surface area contributed by atoms with E-state index in [1.807, 2.05) is 0 Å². The number of carbonyl (C=O) groups is 1. The molecular weight excluding hydrogens is 172 g/mol. The minimum Gasteiger partial charge on any atom is -0.450 e. The van der Waals surface area contributed by atoms with Crippen molar-refractivity contribution >= 4 is 6.09 Å². The SMILES string of the molecule is CCOC(=O)N[C@@H]1CNCC[C@H]1O. The molecule has 0 bridgehead atoms. The fourth-order valence-electron chi connectivity index (χ4n) is 1.32. The lowest BCUT2D eigenvalue weighted by Crippen LogP contribution is -2.53. The molecule has 0 spiro atoms. The Morgan fingerprint density at radius 3 is 3.15 bits per heavy atom. The average Bonchev–Trinajstić information content (AvgIpc) is 2.09. The van der Waals surface area contributed by atoms with E-state index in [4.69, 9.17) is 4.74 Å². The maximum absolute atomic E-state index is 11.0. The van der Waals surface area contributed by atoms with Crippen LogP contribution in [0.1, 0.15) is 13.3 Å². The molecule has 2 atom stereocenters. The molecule has 0 saturated carbocycles. The van der Waals surface area contributed by atoms with Gasteiger partial charge in [0, 0.05) is 6.54 Å². The van der Waals surface area contributed by atoms with Crippen LogP contribution in [0.2, 0.25) is 0 Å². The highest BCUT2D eigenvalue weighted by atomic mass is 16.5. The molecule has 0 unspecified atom stereocenters. The molecule has 1 amide bonds. The molecule has 0 aromatic rings. The quantitative estimate of drug-likeness (QED) is 0.544. The van der Waals surface area contributed by atoms with Crippen molar-refractivity contribution in [1.29, 1.82) is 0 Å². The zero-order valence-corrected chi connectivity index (χ0v) is 7.75. The Kier molecular flexibility index (Phi) is 3.98. The van der Waals surface area contributed by atoms with Gasteiger partial charge in [-0.1, -0.05) is 0 Å². The highest BCUT2D eigenvalue weighted by molar-refractivity contribution is 5.67. The van der Waals surface area contributed by atoms with Crippen LogP contribution in [0.3, 0.4) is 0 Å². The number of hydrogen-bond acceptors (Lipinski definition) is 4. The molecule has 5 nitrogen and oxygen atoms in total. The van der Waals surface area contributed by atoms with E-state index >= 15 is 0 Å². The largest absolute Gasteiger partial charge is 0.450 e. The van der Waals surface area contributed by atoms with Crippen molar-refractivity contribution in [1.82, 2.24) is 10.6 Å². The number of rotatable bonds is 2. The number of carbonyl (C=O) groups excluding carboxylic acids is 1. The molecular formula is C8H16N2O3. The third-order valence-corrected chi connectivity index (χ3v) is 2.02. The Morgan fingerprint density at radius 2 is 2.54 bits per heavy atom. The summed E-state index contributed by atoms with van der Waals surface area (Å²) in [7, 11) is 0. The highest BCUT2D eigenvalue weighted by Crippen LogP contribution is 2.02. The van der Waals surface area contributed by atoms with Gasteiger partial charge in [0.15, 0.2) is 0 Å². The minimum absolute atomic E-state index is 0.229. The summed E-state index contributed by atoms with van der Waals surface area (Å²) >= 11 is 0. The monoisotopic (exact) mass is 188 g/mol. The van der Waals surface area contributed by atoms with Crippen LogP contribution >= 0.6 is 0 Å². The second-order valence-corrected chi connectivity index (χ2v) is 3.03. The first kappa shape index (κ1) is 10.3. The Hall–Kier alpha value is -0.810. The van der Waals surface area contributed by atoms with Crippen molar-refractivity contribution in [3.63, 3.8) is 0 Å². The summed E-state index contributed by atoms with van der Waals surface area (Å²) in [5.41, 5.74) is 0. The first-order valence-corrected chi connectivity index (χ1v) is 4.56. The third-order valence-electron chi connectivity index (χ3n) is 2.02. The Balaban J connectivity index is 2.29. The molecule has 1 heterocycles. The van der Waals surface area contributed by atoms with Gasteiger partial charge in [0.05, 0.1) is 18.8 Å². The first-order valence-electron chi connectivity index (χ1n) is 4.56. The number of ether oxygens (including phenoxy) is 1. The van der Waals surface area contributed by atoms with Gasteiger partial charge in [-0.3, -0.25) is 0 Å². The molecule has 0 aromatic carbocycles. The number of alkyl carbamates (subject to hydrolysis) is 1. The lowest BCUT2D eigenvalue weighted by molar-refractivity contribution is 0.0877. The van der Waals surface area contributed by atoms with Gasteiger partial charge in [-0.05, 0) is 19.9 Å². The van der Waals surface area contributed by atoms with E-state index in [0.717, 1.165) is 6.54 Å².